The Kier molecular flexibility index (Phi) is 8.05. The maximum absolute atomic E-state index is 12.1. The summed E-state index contributed by atoms with van der Waals surface area (Å²) >= 11 is 0. The monoisotopic (exact) mass is 320 g/mol. The lowest BCUT2D eigenvalue weighted by Gasteiger charge is -2.13. The summed E-state index contributed by atoms with van der Waals surface area (Å²) in [5, 5.41) is 13.8. The number of nitrogens with one attached hydrogen (secondary N) is 2. The number of hydrogen-bond acceptors (Lipinski definition) is 4. The molecule has 0 unspecified atom stereocenters. The zero-order chi connectivity index (χ0) is 15.8. The first-order chi connectivity index (χ1) is 10.1. The Balaban J connectivity index is 0.00000141. The van der Waals surface area contributed by atoms with Gasteiger partial charge in [-0.3, -0.25) is 4.79 Å². The Bertz CT molecular complexity index is 645. The molecule has 116 valence electrons. The second-order valence-corrected chi connectivity index (χ2v) is 4.25. The summed E-state index contributed by atoms with van der Waals surface area (Å²) in [5.41, 5.74) is 8.47. The molecule has 2 rings (SSSR count). The second kappa shape index (κ2) is 9.21. The number of anilines is 2. The van der Waals surface area contributed by atoms with Crippen LogP contribution in [0.15, 0.2) is 42.5 Å². The standard InChI is InChI=1S/C15H16N2O2.ClH.N2/c1-10-8-12(16)14(13(9-10)19-2)17-15(18)11-6-4-3-5-7-11;;1-2/h3-9H,16H2,1-2H3,(H,17,18);1H;. The van der Waals surface area contributed by atoms with Crippen molar-refractivity contribution in [2.24, 2.45) is 0 Å². The molecule has 7 heteroatoms. The van der Waals surface area contributed by atoms with E-state index in [4.69, 9.17) is 21.3 Å². The lowest BCUT2D eigenvalue weighted by atomic mass is 10.1. The number of methoxy groups -OCH3 is 1. The molecule has 0 aliphatic carbocycles. The van der Waals surface area contributed by atoms with Gasteiger partial charge < -0.3 is 28.2 Å². The van der Waals surface area contributed by atoms with E-state index < -0.39 is 0 Å². The SMILES string of the molecule is COc1cc(C)cc(N)c1NC(=O)c1ccccc1.N#[NH+].[Cl-]. The fourth-order valence-corrected chi connectivity index (χ4v) is 1.85. The number of nitrogen functional groups attached to an aromatic ring is 1. The number of halogens is 1. The molecule has 0 aromatic heterocycles. The van der Waals surface area contributed by atoms with Crippen LogP contribution < -0.4 is 33.6 Å². The van der Waals surface area contributed by atoms with Gasteiger partial charge in [-0.1, -0.05) is 18.2 Å². The average molecular weight is 321 g/mol. The minimum Gasteiger partial charge on any atom is -1.00 e. The molecule has 0 aliphatic rings. The van der Waals surface area contributed by atoms with Crippen molar-refractivity contribution in [3.63, 3.8) is 0 Å². The van der Waals surface area contributed by atoms with E-state index in [1.54, 1.807) is 25.3 Å². The fraction of sp³-hybridized carbons (Fsp3) is 0.133. The molecule has 0 bridgehead atoms. The molecule has 0 heterocycles. The molecule has 0 saturated carbocycles. The van der Waals surface area contributed by atoms with Gasteiger partial charge in [-0.2, -0.15) is 0 Å². The van der Waals surface area contributed by atoms with Crippen molar-refractivity contribution >= 4 is 17.3 Å². The lowest BCUT2D eigenvalue weighted by molar-refractivity contribution is -0.175. The Morgan fingerprint density at radius 3 is 2.36 bits per heavy atom. The molecule has 0 atom stereocenters. The molecular formula is C15H17ClN4O2. The van der Waals surface area contributed by atoms with Crippen molar-refractivity contribution in [2.75, 3.05) is 18.2 Å². The summed E-state index contributed by atoms with van der Waals surface area (Å²) in [6.45, 7) is 1.92. The molecule has 22 heavy (non-hydrogen) atoms. The first kappa shape index (κ1) is 19.2. The number of carbonyl (C=O) groups is 1. The fourth-order valence-electron chi connectivity index (χ4n) is 1.85. The van der Waals surface area contributed by atoms with Crippen molar-refractivity contribution in [3.8, 4) is 5.75 Å². The average Bonchev–Trinajstić information content (AvgIpc) is 2.52. The van der Waals surface area contributed by atoms with Crippen LogP contribution in [0.1, 0.15) is 15.9 Å². The third kappa shape index (κ3) is 4.65. The molecule has 6 nitrogen and oxygen atoms in total. The largest absolute Gasteiger partial charge is 1.00 e. The highest BCUT2D eigenvalue weighted by atomic mass is 35.5. The van der Waals surface area contributed by atoms with Gasteiger partial charge in [-0.05, 0) is 36.8 Å². The molecule has 4 N–H and O–H groups in total. The highest BCUT2D eigenvalue weighted by molar-refractivity contribution is 6.06. The number of carbonyl (C=O) groups excluding carboxylic acids is 1. The van der Waals surface area contributed by atoms with Crippen LogP contribution in [0.3, 0.4) is 0 Å². The van der Waals surface area contributed by atoms with Crippen LogP contribution in [0.2, 0.25) is 0 Å². The smallest absolute Gasteiger partial charge is 0.255 e. The van der Waals surface area contributed by atoms with Crippen molar-refractivity contribution in [3.05, 3.63) is 53.6 Å². The summed E-state index contributed by atoms with van der Waals surface area (Å²) in [6, 6.07) is 12.6. The van der Waals surface area contributed by atoms with Gasteiger partial charge >= 0.3 is 0 Å². The van der Waals surface area contributed by atoms with Gasteiger partial charge in [0, 0.05) is 5.56 Å². The topological polar surface area (TPSA) is 112 Å². The third-order valence-electron chi connectivity index (χ3n) is 2.77. The van der Waals surface area contributed by atoms with E-state index in [-0.39, 0.29) is 18.3 Å². The Labute approximate surface area is 135 Å². The number of nitrogens with zero attached hydrogens (tertiary/aromatic N) is 1. The van der Waals surface area contributed by atoms with Gasteiger partial charge in [0.1, 0.15) is 11.4 Å². The zero-order valence-corrected chi connectivity index (χ0v) is 13.0. The zero-order valence-electron chi connectivity index (χ0n) is 12.3. The van der Waals surface area contributed by atoms with Crippen LogP contribution in [0, 0.1) is 12.3 Å². The highest BCUT2D eigenvalue weighted by Crippen LogP contribution is 2.32. The van der Waals surface area contributed by atoms with Gasteiger partial charge in [-0.25, -0.2) is 0 Å². The number of benzene rings is 2. The van der Waals surface area contributed by atoms with Crippen molar-refractivity contribution in [1.82, 2.24) is 0 Å². The van der Waals surface area contributed by atoms with E-state index in [9.17, 15) is 4.79 Å². The number of aryl methyl sites for hydroxylation is 1. The van der Waals surface area contributed by atoms with Crippen LogP contribution in [0.5, 0.6) is 5.75 Å². The van der Waals surface area contributed by atoms with Gasteiger partial charge in [-0.15, -0.1) is 0 Å². The number of ether oxygens (including phenoxy) is 1. The summed E-state index contributed by atoms with van der Waals surface area (Å²) in [4.78, 5) is 12.1. The summed E-state index contributed by atoms with van der Waals surface area (Å²) in [7, 11) is 1.55. The van der Waals surface area contributed by atoms with Crippen molar-refractivity contribution < 1.29 is 27.3 Å². The molecule has 2 aromatic carbocycles. The van der Waals surface area contributed by atoms with Crippen LogP contribution in [0.4, 0.5) is 11.4 Å². The minimum absolute atomic E-state index is 0. The molecule has 0 aliphatic heterocycles. The first-order valence-corrected chi connectivity index (χ1v) is 6.14. The maximum Gasteiger partial charge on any atom is 0.255 e. The van der Waals surface area contributed by atoms with Crippen molar-refractivity contribution in [2.45, 2.75) is 6.92 Å². The molecule has 2 aromatic rings. The Morgan fingerprint density at radius 1 is 1.23 bits per heavy atom. The predicted molar refractivity (Wildman–Crippen MR) is 79.2 cm³/mol. The third-order valence-corrected chi connectivity index (χ3v) is 2.77. The van der Waals surface area contributed by atoms with Gasteiger partial charge in [0.05, 0.1) is 18.2 Å². The molecular weight excluding hydrogens is 304 g/mol. The summed E-state index contributed by atoms with van der Waals surface area (Å²) in [5.74, 6) is 0.344. The number of hydrogen-bond donors (Lipinski definition) is 3. The summed E-state index contributed by atoms with van der Waals surface area (Å²) in [6.07, 6.45) is 0. The first-order valence-electron chi connectivity index (χ1n) is 6.14. The Hall–Kier alpha value is -2.78. The van der Waals surface area contributed by atoms with Gasteiger partial charge in [0.15, 0.2) is 0 Å². The second-order valence-electron chi connectivity index (χ2n) is 4.25. The van der Waals surface area contributed by atoms with E-state index in [0.29, 0.717) is 22.7 Å². The molecule has 0 fully saturated rings. The van der Waals surface area contributed by atoms with Crippen LogP contribution in [-0.4, -0.2) is 13.0 Å². The Morgan fingerprint density at radius 2 is 1.82 bits per heavy atom. The molecule has 0 saturated heterocycles. The van der Waals surface area contributed by atoms with E-state index >= 15 is 0 Å². The van der Waals surface area contributed by atoms with Crippen molar-refractivity contribution in [1.29, 1.82) is 5.39 Å². The van der Waals surface area contributed by atoms with Gasteiger partial charge in [0.2, 0.25) is 5.39 Å². The maximum atomic E-state index is 12.1. The number of diazo groups is 1. The van der Waals surface area contributed by atoms with E-state index in [1.807, 2.05) is 31.2 Å². The number of amides is 1. The van der Waals surface area contributed by atoms with E-state index in [1.165, 1.54) is 0 Å². The highest BCUT2D eigenvalue weighted by Gasteiger charge is 2.12. The van der Waals surface area contributed by atoms with Crippen LogP contribution in [-0.2, 0) is 0 Å². The van der Waals surface area contributed by atoms with Crippen LogP contribution in [0.25, 0.3) is 0 Å². The lowest BCUT2D eigenvalue weighted by Crippen LogP contribution is -3.00. The normalized spacial score (nSPS) is 8.73. The molecule has 0 spiro atoms. The predicted octanol–water partition coefficient (Wildman–Crippen LogP) is -1.88. The number of rotatable bonds is 3. The molecule has 1 amide bonds. The van der Waals surface area contributed by atoms with E-state index in [2.05, 4.69) is 5.32 Å². The summed E-state index contributed by atoms with van der Waals surface area (Å²) < 4.78 is 5.25. The molecule has 0 radical (unpaired) electrons. The van der Waals surface area contributed by atoms with Gasteiger partial charge in [0.25, 0.3) is 5.91 Å². The number of nitrogens with two attached hydrogens (primary N) is 1. The quantitative estimate of drug-likeness (QED) is 0.454. The van der Waals surface area contributed by atoms with Crippen LogP contribution >= 0.6 is 0 Å². The minimum atomic E-state index is -0.213. The van der Waals surface area contributed by atoms with E-state index in [0.717, 1.165) is 5.56 Å².